The van der Waals surface area contributed by atoms with E-state index in [1.54, 1.807) is 44.7 Å². The summed E-state index contributed by atoms with van der Waals surface area (Å²) in [7, 11) is 0. The Labute approximate surface area is 184 Å². The van der Waals surface area contributed by atoms with Crippen molar-refractivity contribution in [1.82, 2.24) is 15.5 Å². The molecule has 8 nitrogen and oxygen atoms in total. The number of carbonyl (C=O) groups is 3. The van der Waals surface area contributed by atoms with E-state index in [9.17, 15) is 19.5 Å². The number of rotatable bonds is 7. The molecule has 3 amide bonds. The van der Waals surface area contributed by atoms with Crippen molar-refractivity contribution in [3.8, 4) is 5.75 Å². The molecule has 1 aromatic rings. The van der Waals surface area contributed by atoms with Crippen molar-refractivity contribution < 1.29 is 24.2 Å². The van der Waals surface area contributed by atoms with Crippen LogP contribution in [0.4, 0.5) is 4.79 Å². The van der Waals surface area contributed by atoms with Gasteiger partial charge in [0.15, 0.2) is 0 Å². The molecule has 1 aliphatic carbocycles. The molecule has 2 rings (SSSR count). The second-order valence-corrected chi connectivity index (χ2v) is 9.55. The molecule has 1 aliphatic rings. The van der Waals surface area contributed by atoms with E-state index in [-0.39, 0.29) is 35.6 Å². The second-order valence-electron chi connectivity index (χ2n) is 9.55. The number of alkyl carbamates (subject to hydrolysis) is 1. The summed E-state index contributed by atoms with van der Waals surface area (Å²) in [5.74, 6) is -0.481. The van der Waals surface area contributed by atoms with Crippen LogP contribution in [0.2, 0.25) is 0 Å². The molecule has 0 radical (unpaired) electrons. The van der Waals surface area contributed by atoms with Gasteiger partial charge in [0.2, 0.25) is 11.8 Å². The smallest absolute Gasteiger partial charge is 0.408 e. The van der Waals surface area contributed by atoms with Crippen LogP contribution in [0.1, 0.15) is 66.5 Å². The highest BCUT2D eigenvalue weighted by Crippen LogP contribution is 2.41. The number of nitrogens with zero attached hydrogens (tertiary/aromatic N) is 1. The van der Waals surface area contributed by atoms with Crippen LogP contribution in [0.15, 0.2) is 24.3 Å². The largest absolute Gasteiger partial charge is 0.508 e. The third kappa shape index (κ3) is 6.87. The Morgan fingerprint density at radius 2 is 1.77 bits per heavy atom. The number of phenols is 1. The minimum atomic E-state index is -0.931. The maximum Gasteiger partial charge on any atom is 0.408 e. The summed E-state index contributed by atoms with van der Waals surface area (Å²) >= 11 is 0. The Bertz CT molecular complexity index is 818. The van der Waals surface area contributed by atoms with Gasteiger partial charge in [0.1, 0.15) is 23.4 Å². The molecular formula is C23H35N3O5. The van der Waals surface area contributed by atoms with Crippen LogP contribution in [0, 0.1) is 5.92 Å². The lowest BCUT2D eigenvalue weighted by Crippen LogP contribution is -2.53. The predicted octanol–water partition coefficient (Wildman–Crippen LogP) is 3.11. The molecule has 1 saturated carbocycles. The summed E-state index contributed by atoms with van der Waals surface area (Å²) in [6.45, 7) is 12.5. The molecule has 3 N–H and O–H groups in total. The van der Waals surface area contributed by atoms with Crippen molar-refractivity contribution in [1.29, 1.82) is 0 Å². The number of phenolic OH excluding ortho intramolecular Hbond substituents is 1. The van der Waals surface area contributed by atoms with Gasteiger partial charge in [-0.25, -0.2) is 4.79 Å². The van der Waals surface area contributed by atoms with Gasteiger partial charge in [-0.3, -0.25) is 9.59 Å². The van der Waals surface area contributed by atoms with Crippen molar-refractivity contribution in [3.63, 3.8) is 0 Å². The van der Waals surface area contributed by atoms with Gasteiger partial charge >= 0.3 is 6.09 Å². The van der Waals surface area contributed by atoms with Crippen molar-refractivity contribution in [2.75, 3.05) is 0 Å². The topological polar surface area (TPSA) is 108 Å². The first-order valence-electron chi connectivity index (χ1n) is 10.7. The zero-order valence-electron chi connectivity index (χ0n) is 19.4. The quantitative estimate of drug-likeness (QED) is 0.612. The van der Waals surface area contributed by atoms with Crippen LogP contribution in [-0.4, -0.2) is 51.6 Å². The van der Waals surface area contributed by atoms with E-state index < -0.39 is 23.8 Å². The highest BCUT2D eigenvalue weighted by Gasteiger charge is 2.47. The van der Waals surface area contributed by atoms with Crippen LogP contribution < -0.4 is 10.6 Å². The van der Waals surface area contributed by atoms with E-state index in [4.69, 9.17) is 4.74 Å². The fraction of sp³-hybridized carbons (Fsp3) is 0.609. The van der Waals surface area contributed by atoms with Crippen molar-refractivity contribution in [3.05, 3.63) is 29.8 Å². The maximum atomic E-state index is 13.5. The summed E-state index contributed by atoms with van der Waals surface area (Å²) in [4.78, 5) is 40.4. The Balaban J connectivity index is 2.36. The predicted molar refractivity (Wildman–Crippen MR) is 117 cm³/mol. The number of nitrogens with one attached hydrogen (secondary N) is 2. The first-order chi connectivity index (χ1) is 14.3. The monoisotopic (exact) mass is 433 g/mol. The van der Waals surface area contributed by atoms with E-state index in [0.29, 0.717) is 5.56 Å². The van der Waals surface area contributed by atoms with Crippen molar-refractivity contribution in [2.24, 2.45) is 5.92 Å². The number of hydrogen-bond acceptors (Lipinski definition) is 5. The molecule has 1 aromatic carbocycles. The van der Waals surface area contributed by atoms with Gasteiger partial charge in [0, 0.05) is 12.1 Å². The summed E-state index contributed by atoms with van der Waals surface area (Å²) in [6, 6.07) is 4.27. The Morgan fingerprint density at radius 3 is 2.26 bits per heavy atom. The van der Waals surface area contributed by atoms with Gasteiger partial charge in [0.25, 0.3) is 0 Å². The van der Waals surface area contributed by atoms with Crippen LogP contribution in [0.3, 0.4) is 0 Å². The lowest BCUT2D eigenvalue weighted by atomic mass is 10.0. The molecule has 1 fully saturated rings. The maximum absolute atomic E-state index is 13.5. The molecular weight excluding hydrogens is 398 g/mol. The Hall–Kier alpha value is -2.77. The molecule has 0 spiro atoms. The Kier molecular flexibility index (Phi) is 7.57. The summed E-state index contributed by atoms with van der Waals surface area (Å²) in [5, 5.41) is 15.4. The minimum absolute atomic E-state index is 0.0102. The van der Waals surface area contributed by atoms with Crippen LogP contribution in [-0.2, 0) is 14.3 Å². The van der Waals surface area contributed by atoms with Gasteiger partial charge in [-0.15, -0.1) is 0 Å². The third-order valence-electron chi connectivity index (χ3n) is 4.93. The van der Waals surface area contributed by atoms with Gasteiger partial charge in [-0.05, 0) is 71.6 Å². The van der Waals surface area contributed by atoms with Gasteiger partial charge in [0.05, 0.1) is 0 Å². The molecule has 4 unspecified atom stereocenters. The Morgan fingerprint density at radius 1 is 1.16 bits per heavy atom. The molecule has 8 heteroatoms. The van der Waals surface area contributed by atoms with Crippen LogP contribution in [0.5, 0.6) is 5.75 Å². The lowest BCUT2D eigenvalue weighted by molar-refractivity contribution is -0.143. The van der Waals surface area contributed by atoms with Crippen molar-refractivity contribution in [2.45, 2.75) is 84.7 Å². The van der Waals surface area contributed by atoms with E-state index in [1.165, 1.54) is 12.1 Å². The second kappa shape index (κ2) is 9.58. The first kappa shape index (κ1) is 24.5. The standard InChI is InChI=1S/C23H35N3O5/c1-13(2)24-20(28)19(16-9-8-10-17(27)12-16)26(18-11-14(18)3)21(29)15(4)25-22(30)31-23(5,6)7/h8-10,12-15,18-19,27H,11H2,1-7H3,(H,24,28)(H,25,30). The minimum Gasteiger partial charge on any atom is -0.508 e. The molecule has 0 heterocycles. The average molecular weight is 434 g/mol. The fourth-order valence-corrected chi connectivity index (χ4v) is 3.44. The number of ether oxygens (including phenoxy) is 1. The molecule has 0 aromatic heterocycles. The zero-order chi connectivity index (χ0) is 23.5. The SMILES string of the molecule is CC(C)NC(=O)C(c1cccc(O)c1)N(C(=O)C(C)NC(=O)OC(C)(C)C)C1CC1C. The molecule has 0 saturated heterocycles. The molecule has 0 bridgehead atoms. The highest BCUT2D eigenvalue weighted by atomic mass is 16.6. The van der Waals surface area contributed by atoms with E-state index >= 15 is 0 Å². The fourth-order valence-electron chi connectivity index (χ4n) is 3.44. The zero-order valence-corrected chi connectivity index (χ0v) is 19.4. The molecule has 4 atom stereocenters. The molecule has 0 aliphatic heterocycles. The van der Waals surface area contributed by atoms with Gasteiger partial charge < -0.3 is 25.4 Å². The number of carbonyl (C=O) groups excluding carboxylic acids is 3. The molecule has 31 heavy (non-hydrogen) atoms. The number of amides is 3. The average Bonchev–Trinajstić information content (AvgIpc) is 3.32. The highest BCUT2D eigenvalue weighted by molar-refractivity contribution is 5.92. The molecule has 172 valence electrons. The number of aromatic hydroxyl groups is 1. The van der Waals surface area contributed by atoms with Gasteiger partial charge in [-0.2, -0.15) is 0 Å². The third-order valence-corrected chi connectivity index (χ3v) is 4.93. The lowest BCUT2D eigenvalue weighted by Gasteiger charge is -2.34. The van der Waals surface area contributed by atoms with Gasteiger partial charge in [-0.1, -0.05) is 19.1 Å². The summed E-state index contributed by atoms with van der Waals surface area (Å²) in [6.07, 6.45) is 0.0625. The van der Waals surface area contributed by atoms with E-state index in [2.05, 4.69) is 10.6 Å². The normalized spacial score (nSPS) is 19.9. The first-order valence-corrected chi connectivity index (χ1v) is 10.7. The number of benzene rings is 1. The van der Waals surface area contributed by atoms with Crippen LogP contribution in [0.25, 0.3) is 0 Å². The number of hydrogen-bond donors (Lipinski definition) is 3. The van der Waals surface area contributed by atoms with Crippen LogP contribution >= 0.6 is 0 Å². The van der Waals surface area contributed by atoms with E-state index in [1.807, 2.05) is 20.8 Å². The van der Waals surface area contributed by atoms with E-state index in [0.717, 1.165) is 6.42 Å². The summed E-state index contributed by atoms with van der Waals surface area (Å²) < 4.78 is 5.26. The summed E-state index contributed by atoms with van der Waals surface area (Å²) in [5.41, 5.74) is -0.186. The van der Waals surface area contributed by atoms with Crippen molar-refractivity contribution >= 4 is 17.9 Å².